The lowest BCUT2D eigenvalue weighted by Gasteiger charge is -2.47. The molecule has 0 saturated carbocycles. The molecule has 45 heavy (non-hydrogen) atoms. The monoisotopic (exact) mass is 625 g/mol. The Balaban J connectivity index is 1.67. The average Bonchev–Trinajstić information content (AvgIpc) is 3.05. The van der Waals surface area contributed by atoms with Gasteiger partial charge in [0, 0.05) is 24.3 Å². The van der Waals surface area contributed by atoms with Gasteiger partial charge in [0.15, 0.2) is 6.10 Å². The fourth-order valence-electron chi connectivity index (χ4n) is 7.39. The molecule has 250 valence electrons. The smallest absolute Gasteiger partial charge is 0.329 e. The maximum absolute atomic E-state index is 14.0. The van der Waals surface area contributed by atoms with Gasteiger partial charge in [-0.3, -0.25) is 9.59 Å². The molecule has 0 aliphatic carbocycles. The number of fused-ring (bicyclic) bond motifs is 3. The van der Waals surface area contributed by atoms with Crippen LogP contribution >= 0.6 is 0 Å². The summed E-state index contributed by atoms with van der Waals surface area (Å²) in [7, 11) is 0. The molecule has 2 N–H and O–H groups in total. The third-order valence-electron chi connectivity index (χ3n) is 10.6. The summed E-state index contributed by atoms with van der Waals surface area (Å²) in [5.41, 5.74) is 1.18. The molecule has 8 nitrogen and oxygen atoms in total. The molecule has 4 rings (SSSR count). The van der Waals surface area contributed by atoms with Crippen LogP contribution in [-0.4, -0.2) is 69.5 Å². The zero-order valence-electron chi connectivity index (χ0n) is 27.9. The lowest BCUT2D eigenvalue weighted by Crippen LogP contribution is -2.63. The van der Waals surface area contributed by atoms with E-state index in [9.17, 15) is 24.6 Å². The molecule has 0 radical (unpaired) electrons. The highest BCUT2D eigenvalue weighted by atomic mass is 16.6. The number of nitrogens with zero attached hydrogens (tertiary/aromatic N) is 1. The molecular weight excluding hydrogens is 570 g/mol. The zero-order valence-corrected chi connectivity index (χ0v) is 27.9. The number of piperidine rings is 1. The van der Waals surface area contributed by atoms with Crippen molar-refractivity contribution in [2.75, 3.05) is 6.54 Å². The molecular formula is C37H55NO7. The van der Waals surface area contributed by atoms with Gasteiger partial charge >= 0.3 is 5.97 Å². The Kier molecular flexibility index (Phi) is 12.4. The Hall–Kier alpha value is -2.55. The number of ether oxygens (including phenoxy) is 2. The summed E-state index contributed by atoms with van der Waals surface area (Å²) >= 11 is 0. The predicted molar refractivity (Wildman–Crippen MR) is 173 cm³/mol. The number of ketones is 1. The number of carbonyl (C=O) groups is 3. The summed E-state index contributed by atoms with van der Waals surface area (Å²) < 4.78 is 12.5. The number of carbonyl (C=O) groups excluding carboxylic acids is 3. The highest BCUT2D eigenvalue weighted by Crippen LogP contribution is 2.39. The predicted octanol–water partition coefficient (Wildman–Crippen LogP) is 5.63. The van der Waals surface area contributed by atoms with Crippen molar-refractivity contribution in [3.63, 3.8) is 0 Å². The minimum absolute atomic E-state index is 0.0372. The molecule has 0 aromatic heterocycles. The molecule has 3 aliphatic heterocycles. The van der Waals surface area contributed by atoms with Crippen molar-refractivity contribution in [3.8, 4) is 0 Å². The van der Waals surface area contributed by atoms with E-state index in [0.29, 0.717) is 38.5 Å². The van der Waals surface area contributed by atoms with E-state index < -0.39 is 47.7 Å². The van der Waals surface area contributed by atoms with Gasteiger partial charge in [0.05, 0.1) is 6.10 Å². The van der Waals surface area contributed by atoms with Crippen molar-refractivity contribution in [2.24, 2.45) is 29.6 Å². The fraction of sp³-hybridized carbons (Fsp3) is 0.703. The van der Waals surface area contributed by atoms with Gasteiger partial charge in [-0.1, -0.05) is 77.1 Å². The van der Waals surface area contributed by atoms with E-state index in [1.54, 1.807) is 13.8 Å². The first-order chi connectivity index (χ1) is 21.5. The molecule has 3 heterocycles. The molecule has 3 aliphatic rings. The first kappa shape index (κ1) is 35.3. The van der Waals surface area contributed by atoms with Crippen molar-refractivity contribution in [2.45, 2.75) is 129 Å². The lowest BCUT2D eigenvalue weighted by atomic mass is 9.80. The zero-order chi connectivity index (χ0) is 32.7. The van der Waals surface area contributed by atoms with Gasteiger partial charge in [-0.2, -0.15) is 0 Å². The first-order valence-electron chi connectivity index (χ1n) is 17.3. The molecule has 2 fully saturated rings. The number of aliphatic hydroxyl groups excluding tert-OH is 1. The summed E-state index contributed by atoms with van der Waals surface area (Å²) in [4.78, 5) is 42.7. The van der Waals surface area contributed by atoms with Crippen molar-refractivity contribution in [1.29, 1.82) is 0 Å². The molecule has 1 aromatic carbocycles. The van der Waals surface area contributed by atoms with Crippen LogP contribution in [0.5, 0.6) is 0 Å². The summed E-state index contributed by atoms with van der Waals surface area (Å²) in [6.07, 6.45) is 7.84. The number of amides is 1. The average molecular weight is 626 g/mol. The van der Waals surface area contributed by atoms with E-state index in [-0.39, 0.29) is 36.2 Å². The number of benzene rings is 1. The third-order valence-corrected chi connectivity index (χ3v) is 10.6. The Morgan fingerprint density at radius 1 is 0.978 bits per heavy atom. The van der Waals surface area contributed by atoms with E-state index >= 15 is 0 Å². The number of allylic oxidation sites excluding steroid dienone is 2. The number of hydrogen-bond donors (Lipinski definition) is 2. The Labute approximate surface area is 269 Å². The van der Waals surface area contributed by atoms with E-state index in [2.05, 4.69) is 38.1 Å². The van der Waals surface area contributed by atoms with E-state index in [1.165, 1.54) is 10.5 Å². The normalized spacial score (nSPS) is 37.4. The number of esters is 1. The standard InChI is InChI=1S/C37H55NO7/c1-6-29(23-28-16-8-7-9-17-28)32-22-24(2)14-10-11-15-25(3)33(39)27(5)31-20-19-26(4)37(43,45-31)34(40)35(41)38-21-13-12-18-30(38)36(42)44-32/h7-11,16-17,24-27,29-32,34,40,43H,6,12-15,18-23H2,1-5H3/b11-10+/t24?,25-,26?,27+,29-,30+,31+,32+,34?,37-/m1/s1. The Bertz CT molecular complexity index is 1170. The third kappa shape index (κ3) is 8.44. The van der Waals surface area contributed by atoms with Gasteiger partial charge in [0.25, 0.3) is 5.91 Å². The molecule has 10 atom stereocenters. The number of aliphatic hydroxyl groups is 2. The van der Waals surface area contributed by atoms with Crippen LogP contribution in [0.25, 0.3) is 0 Å². The van der Waals surface area contributed by atoms with Gasteiger partial charge in [-0.15, -0.1) is 0 Å². The minimum Gasteiger partial charge on any atom is -0.461 e. The van der Waals surface area contributed by atoms with Gasteiger partial charge in [-0.05, 0) is 81.6 Å². The van der Waals surface area contributed by atoms with E-state index in [0.717, 1.165) is 25.7 Å². The van der Waals surface area contributed by atoms with Gasteiger partial charge in [-0.25, -0.2) is 4.79 Å². The summed E-state index contributed by atoms with van der Waals surface area (Å²) in [6, 6.07) is 9.36. The number of cyclic esters (lactones) is 1. The first-order valence-corrected chi connectivity index (χ1v) is 17.3. The number of Topliss-reactive ketones (excluding diaryl/α,β-unsaturated/α-hetero) is 1. The van der Waals surface area contributed by atoms with E-state index in [1.807, 2.05) is 25.1 Å². The van der Waals surface area contributed by atoms with E-state index in [4.69, 9.17) is 9.47 Å². The quantitative estimate of drug-likeness (QED) is 0.329. The highest BCUT2D eigenvalue weighted by Gasteiger charge is 2.53. The molecule has 0 spiro atoms. The maximum Gasteiger partial charge on any atom is 0.329 e. The second kappa shape index (κ2) is 15.8. The molecule has 1 amide bonds. The highest BCUT2D eigenvalue weighted by molar-refractivity contribution is 5.88. The van der Waals surface area contributed by atoms with Crippen molar-refractivity contribution < 1.29 is 34.1 Å². The molecule has 2 bridgehead atoms. The number of rotatable bonds is 4. The van der Waals surface area contributed by atoms with Crippen LogP contribution in [0.2, 0.25) is 0 Å². The van der Waals surface area contributed by atoms with Crippen molar-refractivity contribution in [1.82, 2.24) is 4.90 Å². The van der Waals surface area contributed by atoms with Gasteiger partial charge in [0.2, 0.25) is 5.79 Å². The summed E-state index contributed by atoms with van der Waals surface area (Å²) in [6.45, 7) is 10.0. The van der Waals surface area contributed by atoms with Gasteiger partial charge < -0.3 is 24.6 Å². The lowest BCUT2D eigenvalue weighted by molar-refractivity contribution is -0.319. The SMILES string of the molecule is CC[C@H](Cc1ccccc1)[C@@H]1CC(C)C/C=C/C[C@@H](C)C(=O)[C@@H](C)[C@@H]2CCC(C)[C@@](O)(O2)C(O)C(=O)N2CCCC[C@H]2C(=O)O1. The van der Waals surface area contributed by atoms with Crippen LogP contribution in [-0.2, 0) is 30.3 Å². The second-order valence-corrected chi connectivity index (χ2v) is 14.0. The van der Waals surface area contributed by atoms with Crippen molar-refractivity contribution >= 4 is 17.7 Å². The Morgan fingerprint density at radius 3 is 2.40 bits per heavy atom. The summed E-state index contributed by atoms with van der Waals surface area (Å²) in [5.74, 6) is -4.31. The summed E-state index contributed by atoms with van der Waals surface area (Å²) in [5, 5.41) is 23.2. The number of hydrogen-bond acceptors (Lipinski definition) is 7. The molecule has 2 saturated heterocycles. The maximum atomic E-state index is 14.0. The fourth-order valence-corrected chi connectivity index (χ4v) is 7.39. The van der Waals surface area contributed by atoms with Crippen LogP contribution in [0.1, 0.15) is 98.0 Å². The van der Waals surface area contributed by atoms with Crippen LogP contribution < -0.4 is 0 Å². The van der Waals surface area contributed by atoms with Crippen molar-refractivity contribution in [3.05, 3.63) is 48.0 Å². The largest absolute Gasteiger partial charge is 0.461 e. The molecule has 8 heteroatoms. The van der Waals surface area contributed by atoms with Crippen LogP contribution in [0.15, 0.2) is 42.5 Å². The van der Waals surface area contributed by atoms with Crippen LogP contribution in [0.3, 0.4) is 0 Å². The van der Waals surface area contributed by atoms with Crippen LogP contribution in [0.4, 0.5) is 0 Å². The van der Waals surface area contributed by atoms with Gasteiger partial charge in [0.1, 0.15) is 17.9 Å². The minimum atomic E-state index is -2.17. The Morgan fingerprint density at radius 2 is 1.69 bits per heavy atom. The molecule has 1 aromatic rings. The molecule has 3 unspecified atom stereocenters. The topological polar surface area (TPSA) is 113 Å². The van der Waals surface area contributed by atoms with Crippen LogP contribution in [0, 0.1) is 29.6 Å². The second-order valence-electron chi connectivity index (χ2n) is 14.0.